The summed E-state index contributed by atoms with van der Waals surface area (Å²) in [6.45, 7) is 3.88. The molecule has 7 nitrogen and oxygen atoms in total. The predicted molar refractivity (Wildman–Crippen MR) is 137 cm³/mol. The lowest BCUT2D eigenvalue weighted by atomic mass is 10.1. The fourth-order valence-electron chi connectivity index (χ4n) is 3.74. The summed E-state index contributed by atoms with van der Waals surface area (Å²) in [6, 6.07) is 25.4. The van der Waals surface area contributed by atoms with Gasteiger partial charge in [0, 0.05) is 27.4 Å². The molecular formula is C27H21N5O2S. The summed E-state index contributed by atoms with van der Waals surface area (Å²) in [6.07, 6.45) is 0. The number of aromatic nitrogens is 4. The number of hydrogen-bond donors (Lipinski definition) is 1. The number of amides is 1. The van der Waals surface area contributed by atoms with E-state index in [4.69, 9.17) is 0 Å². The van der Waals surface area contributed by atoms with Crippen molar-refractivity contribution < 1.29 is 4.79 Å². The summed E-state index contributed by atoms with van der Waals surface area (Å²) in [5.74, 6) is -0.399. The minimum atomic E-state index is -0.399. The van der Waals surface area contributed by atoms with Crippen molar-refractivity contribution in [2.24, 2.45) is 0 Å². The van der Waals surface area contributed by atoms with E-state index in [1.807, 2.05) is 62.4 Å². The quantitative estimate of drug-likeness (QED) is 0.349. The van der Waals surface area contributed by atoms with Gasteiger partial charge in [-0.05, 0) is 74.1 Å². The zero-order chi connectivity index (χ0) is 24.4. The molecule has 35 heavy (non-hydrogen) atoms. The van der Waals surface area contributed by atoms with Crippen molar-refractivity contribution in [1.29, 1.82) is 0 Å². The number of rotatable bonds is 5. The Morgan fingerprint density at radius 1 is 0.829 bits per heavy atom. The number of carbonyl (C=O) groups is 1. The van der Waals surface area contributed by atoms with Crippen LogP contribution in [0.3, 0.4) is 0 Å². The van der Waals surface area contributed by atoms with Gasteiger partial charge in [-0.3, -0.25) is 9.59 Å². The molecule has 0 bridgehead atoms. The second kappa shape index (κ2) is 9.52. The Bertz CT molecular complexity index is 1580. The Morgan fingerprint density at radius 2 is 1.46 bits per heavy atom. The van der Waals surface area contributed by atoms with Crippen LogP contribution in [0.15, 0.2) is 99.8 Å². The van der Waals surface area contributed by atoms with Crippen LogP contribution >= 0.6 is 11.8 Å². The topological polar surface area (TPSA) is 89.8 Å². The van der Waals surface area contributed by atoms with Crippen LogP contribution in [0.1, 0.15) is 21.9 Å². The van der Waals surface area contributed by atoms with Crippen molar-refractivity contribution in [2.75, 3.05) is 5.32 Å². The first kappa shape index (κ1) is 22.5. The standard InChI is InChI=1S/C27H21N5O2S/c1-17-16-18(2)29-27(28-17)35-21-14-12-19(13-15-21)30-25(33)24-22-10-6-7-11-23(22)26(34)32(31-24)20-8-4-3-5-9-20/h3-16H,1-2H3,(H,30,33). The molecule has 0 aliphatic heterocycles. The lowest BCUT2D eigenvalue weighted by molar-refractivity contribution is 0.102. The van der Waals surface area contributed by atoms with Gasteiger partial charge in [0.15, 0.2) is 10.9 Å². The first-order valence-electron chi connectivity index (χ1n) is 11.0. The highest BCUT2D eigenvalue weighted by atomic mass is 32.2. The largest absolute Gasteiger partial charge is 0.321 e. The summed E-state index contributed by atoms with van der Waals surface area (Å²) >= 11 is 1.46. The fraction of sp³-hybridized carbons (Fsp3) is 0.0741. The zero-order valence-corrected chi connectivity index (χ0v) is 19.9. The smallest absolute Gasteiger partial charge is 0.279 e. The molecule has 8 heteroatoms. The van der Waals surface area contributed by atoms with Crippen molar-refractivity contribution in [1.82, 2.24) is 19.7 Å². The van der Waals surface area contributed by atoms with Gasteiger partial charge >= 0.3 is 0 Å². The average Bonchev–Trinajstić information content (AvgIpc) is 2.85. The van der Waals surface area contributed by atoms with E-state index in [1.54, 1.807) is 36.4 Å². The van der Waals surface area contributed by atoms with E-state index >= 15 is 0 Å². The molecule has 0 unspecified atom stereocenters. The Labute approximate surface area is 205 Å². The number of hydrogen-bond acceptors (Lipinski definition) is 6. The maximum atomic E-state index is 13.3. The molecule has 5 rings (SSSR count). The number of carbonyl (C=O) groups excluding carboxylic acids is 1. The summed E-state index contributed by atoms with van der Waals surface area (Å²) in [5.41, 5.74) is 2.93. The van der Waals surface area contributed by atoms with Gasteiger partial charge in [0.25, 0.3) is 11.5 Å². The van der Waals surface area contributed by atoms with Crippen LogP contribution in [0.4, 0.5) is 5.69 Å². The first-order chi connectivity index (χ1) is 17.0. The molecule has 5 aromatic rings. The van der Waals surface area contributed by atoms with Gasteiger partial charge in [-0.15, -0.1) is 0 Å². The number of nitrogens with zero attached hydrogens (tertiary/aromatic N) is 4. The van der Waals surface area contributed by atoms with E-state index in [1.165, 1.54) is 16.4 Å². The van der Waals surface area contributed by atoms with Crippen LogP contribution in [0, 0.1) is 13.8 Å². The lowest BCUT2D eigenvalue weighted by Crippen LogP contribution is -2.26. The van der Waals surface area contributed by atoms with Crippen molar-refractivity contribution in [3.8, 4) is 5.69 Å². The minimum Gasteiger partial charge on any atom is -0.321 e. The molecular weight excluding hydrogens is 458 g/mol. The summed E-state index contributed by atoms with van der Waals surface area (Å²) < 4.78 is 1.26. The molecule has 2 heterocycles. The zero-order valence-electron chi connectivity index (χ0n) is 19.1. The van der Waals surface area contributed by atoms with Crippen LogP contribution in [-0.2, 0) is 0 Å². The number of fused-ring (bicyclic) bond motifs is 1. The number of nitrogens with one attached hydrogen (secondary N) is 1. The minimum absolute atomic E-state index is 0.172. The highest BCUT2D eigenvalue weighted by Gasteiger charge is 2.17. The molecule has 0 radical (unpaired) electrons. The highest BCUT2D eigenvalue weighted by Crippen LogP contribution is 2.26. The molecule has 0 atom stereocenters. The van der Waals surface area contributed by atoms with E-state index in [9.17, 15) is 9.59 Å². The van der Waals surface area contributed by atoms with Gasteiger partial charge in [0.05, 0.1) is 11.1 Å². The Kier molecular flexibility index (Phi) is 6.12. The maximum Gasteiger partial charge on any atom is 0.279 e. The average molecular weight is 480 g/mol. The van der Waals surface area contributed by atoms with Gasteiger partial charge in [0.1, 0.15) is 0 Å². The third kappa shape index (κ3) is 4.83. The van der Waals surface area contributed by atoms with Crippen LogP contribution in [-0.4, -0.2) is 25.7 Å². The predicted octanol–water partition coefficient (Wildman–Crippen LogP) is 5.20. The highest BCUT2D eigenvalue weighted by molar-refractivity contribution is 7.99. The van der Waals surface area contributed by atoms with Crippen molar-refractivity contribution in [3.63, 3.8) is 0 Å². The maximum absolute atomic E-state index is 13.3. The lowest BCUT2D eigenvalue weighted by Gasteiger charge is -2.11. The summed E-state index contributed by atoms with van der Waals surface area (Å²) in [5, 5.41) is 8.94. The molecule has 2 aromatic heterocycles. The molecule has 1 amide bonds. The number of para-hydroxylation sites is 1. The van der Waals surface area contributed by atoms with Gasteiger partial charge in [-0.25, -0.2) is 9.97 Å². The number of benzene rings is 3. The Morgan fingerprint density at radius 3 is 2.14 bits per heavy atom. The molecule has 0 spiro atoms. The van der Waals surface area contributed by atoms with Gasteiger partial charge < -0.3 is 5.32 Å². The Hall–Kier alpha value is -4.30. The number of anilines is 1. The molecule has 1 N–H and O–H groups in total. The third-order valence-corrected chi connectivity index (χ3v) is 6.18. The van der Waals surface area contributed by atoms with Crippen molar-refractivity contribution >= 4 is 34.1 Å². The Balaban J connectivity index is 1.44. The van der Waals surface area contributed by atoms with E-state index in [-0.39, 0.29) is 11.3 Å². The molecule has 0 aliphatic carbocycles. The monoisotopic (exact) mass is 479 g/mol. The molecule has 0 aliphatic rings. The van der Waals surface area contributed by atoms with Crippen LogP contribution in [0.2, 0.25) is 0 Å². The molecule has 172 valence electrons. The third-order valence-electron chi connectivity index (χ3n) is 5.30. The number of aryl methyl sites for hydroxylation is 2. The van der Waals surface area contributed by atoms with Crippen molar-refractivity contribution in [2.45, 2.75) is 23.9 Å². The van der Waals surface area contributed by atoms with E-state index in [0.717, 1.165) is 16.3 Å². The summed E-state index contributed by atoms with van der Waals surface area (Å²) in [4.78, 5) is 36.2. The summed E-state index contributed by atoms with van der Waals surface area (Å²) in [7, 11) is 0. The molecule has 0 fully saturated rings. The van der Waals surface area contributed by atoms with Crippen molar-refractivity contribution in [3.05, 3.63) is 112 Å². The van der Waals surface area contributed by atoms with E-state index < -0.39 is 5.91 Å². The van der Waals surface area contributed by atoms with Gasteiger partial charge in [0.2, 0.25) is 0 Å². The van der Waals surface area contributed by atoms with Crippen LogP contribution in [0.25, 0.3) is 16.5 Å². The van der Waals surface area contributed by atoms with Crippen LogP contribution in [0.5, 0.6) is 0 Å². The SMILES string of the molecule is Cc1cc(C)nc(Sc2ccc(NC(=O)c3nn(-c4ccccc4)c(=O)c4ccccc34)cc2)n1. The van der Waals surface area contributed by atoms with Gasteiger partial charge in [-0.2, -0.15) is 9.78 Å². The molecule has 3 aromatic carbocycles. The van der Waals surface area contributed by atoms with E-state index in [2.05, 4.69) is 20.4 Å². The molecule has 0 saturated heterocycles. The second-order valence-corrected chi connectivity index (χ2v) is 9.00. The first-order valence-corrected chi connectivity index (χ1v) is 11.8. The second-order valence-electron chi connectivity index (χ2n) is 7.96. The fourth-order valence-corrected chi connectivity index (χ4v) is 4.60. The van der Waals surface area contributed by atoms with E-state index in [0.29, 0.717) is 27.3 Å². The molecule has 0 saturated carbocycles. The van der Waals surface area contributed by atoms with Crippen LogP contribution < -0.4 is 10.9 Å². The van der Waals surface area contributed by atoms with Gasteiger partial charge in [-0.1, -0.05) is 36.4 Å². The normalized spacial score (nSPS) is 10.9.